The van der Waals surface area contributed by atoms with E-state index >= 15 is 0 Å². The lowest BCUT2D eigenvalue weighted by molar-refractivity contribution is -0.438. The molecule has 0 aliphatic carbocycles. The Morgan fingerprint density at radius 3 is 2.13 bits per heavy atom. The van der Waals surface area contributed by atoms with Crippen LogP contribution in [0, 0.1) is 0 Å². The number of nitrogens with zero attached hydrogens (tertiary/aromatic N) is 3. The number of phosphoric acid groups is 3. The van der Waals surface area contributed by atoms with Crippen LogP contribution in [0.4, 0.5) is 11.4 Å². The standard InChI is InChI=1S/C43H56N5O22P3S2/c1-6-46-31-18-16-27(74(61,62)63)22-29(31)42(2,3)34(46)13-10-14-35-43(4,5)30-23-28(75(64,65)66)17-19-32(30)47(35)21-9-7-8-15-36(49)44-20-11-12-26-24-48(41(53)45-39(26)52)40-38(51)37(50)33(68-40)25-67-72(57,58)70-73(59,60)69-71(54,55)56/h10-14,16-19,22-24,33,37-38,40,50-51H,6-9,15,20-21,25H2,1-5H3,(H7-,44,45,49,52,53,54,55,56,57,58,59,60,61,62,63,64,65,66)/p+1/b12-11+/t33-,37-,38-,40-/m1/s1. The zero-order valence-corrected chi connectivity index (χ0v) is 45.0. The van der Waals surface area contributed by atoms with Crippen LogP contribution in [0.3, 0.4) is 0 Å². The number of aromatic amines is 1. The number of aliphatic hydroxyl groups excluding tert-OH is 2. The molecule has 32 heteroatoms. The summed E-state index contributed by atoms with van der Waals surface area (Å²) in [5.74, 6) is -0.335. The molecule has 75 heavy (non-hydrogen) atoms. The number of fused-ring (bicyclic) bond motifs is 2. The number of amides is 1. The Bertz CT molecular complexity index is 3360. The highest BCUT2D eigenvalue weighted by molar-refractivity contribution is 7.86. The van der Waals surface area contributed by atoms with Crippen LogP contribution in [0.5, 0.6) is 0 Å². The molecule has 1 fully saturated rings. The van der Waals surface area contributed by atoms with Crippen molar-refractivity contribution in [1.82, 2.24) is 14.9 Å². The van der Waals surface area contributed by atoms with Crippen molar-refractivity contribution in [3.8, 4) is 0 Å². The molecule has 2 unspecified atom stereocenters. The minimum atomic E-state index is -5.87. The van der Waals surface area contributed by atoms with E-state index < -0.39 is 96.9 Å². The predicted molar refractivity (Wildman–Crippen MR) is 266 cm³/mol. The second-order valence-corrected chi connectivity index (χ2v) is 25.7. The number of hydrogen-bond donors (Lipinski definition) is 10. The maximum absolute atomic E-state index is 12.8. The van der Waals surface area contributed by atoms with E-state index in [1.165, 1.54) is 36.4 Å². The van der Waals surface area contributed by atoms with Gasteiger partial charge in [0.05, 0.1) is 27.4 Å². The Morgan fingerprint density at radius 2 is 1.51 bits per heavy atom. The molecule has 1 saturated heterocycles. The van der Waals surface area contributed by atoms with Gasteiger partial charge in [-0.1, -0.05) is 32.1 Å². The summed E-state index contributed by atoms with van der Waals surface area (Å²) >= 11 is 0. The number of rotatable bonds is 22. The second-order valence-electron chi connectivity index (χ2n) is 18.5. The number of benzene rings is 2. The zero-order chi connectivity index (χ0) is 55.9. The fraction of sp³-hybridized carbons (Fsp3) is 0.442. The van der Waals surface area contributed by atoms with E-state index in [0.29, 0.717) is 48.0 Å². The third-order valence-electron chi connectivity index (χ3n) is 12.6. The third kappa shape index (κ3) is 13.9. The quantitative estimate of drug-likeness (QED) is 0.0299. The first-order valence-corrected chi connectivity index (χ1v) is 30.1. The van der Waals surface area contributed by atoms with Gasteiger partial charge in [0.2, 0.25) is 11.6 Å². The smallest absolute Gasteiger partial charge is 0.387 e. The van der Waals surface area contributed by atoms with Gasteiger partial charge in [-0.15, -0.1) is 0 Å². The summed E-state index contributed by atoms with van der Waals surface area (Å²) in [5.41, 5.74) is 0.961. The van der Waals surface area contributed by atoms with Crippen LogP contribution < -0.4 is 21.5 Å². The average Bonchev–Trinajstić information content (AvgIpc) is 3.77. The number of anilines is 1. The number of ether oxygens (including phenoxy) is 1. The summed E-state index contributed by atoms with van der Waals surface area (Å²) in [6, 6.07) is 8.89. The van der Waals surface area contributed by atoms with Gasteiger partial charge in [-0.2, -0.15) is 30.0 Å². The van der Waals surface area contributed by atoms with E-state index in [2.05, 4.69) is 27.9 Å². The number of carbonyl (C=O) groups is 1. The molecule has 6 atom stereocenters. The van der Waals surface area contributed by atoms with Gasteiger partial charge >= 0.3 is 29.2 Å². The summed E-state index contributed by atoms with van der Waals surface area (Å²) in [4.78, 5) is 78.2. The fourth-order valence-electron chi connectivity index (χ4n) is 9.00. The first-order chi connectivity index (χ1) is 34.6. The van der Waals surface area contributed by atoms with Gasteiger partial charge in [-0.3, -0.25) is 32.8 Å². The molecule has 27 nitrogen and oxygen atoms in total. The topological polar surface area (TPSA) is 408 Å². The molecule has 3 aliphatic heterocycles. The Labute approximate surface area is 429 Å². The van der Waals surface area contributed by atoms with Crippen molar-refractivity contribution in [2.75, 3.05) is 31.1 Å². The molecular formula is C43H57N5O22P3S2+. The molecule has 0 saturated carbocycles. The first-order valence-electron chi connectivity index (χ1n) is 22.7. The van der Waals surface area contributed by atoms with E-state index in [4.69, 9.17) is 14.5 Å². The molecule has 3 aromatic rings. The molecule has 4 heterocycles. The molecular weight excluding hydrogens is 1100 g/mol. The van der Waals surface area contributed by atoms with Gasteiger partial charge in [0.1, 0.15) is 24.9 Å². The Morgan fingerprint density at radius 1 is 0.867 bits per heavy atom. The average molecular weight is 1150 g/mol. The second kappa shape index (κ2) is 22.4. The number of hydrogen-bond acceptors (Lipinski definition) is 17. The van der Waals surface area contributed by atoms with Crippen molar-refractivity contribution in [3.05, 3.63) is 110 Å². The van der Waals surface area contributed by atoms with Crippen LogP contribution in [0.2, 0.25) is 0 Å². The highest BCUT2D eigenvalue weighted by Crippen LogP contribution is 2.66. The number of H-pyrrole nitrogens is 1. The van der Waals surface area contributed by atoms with Crippen LogP contribution >= 0.6 is 23.5 Å². The molecule has 0 spiro atoms. The number of allylic oxidation sites excluding steroid dienone is 4. The van der Waals surface area contributed by atoms with E-state index in [9.17, 15) is 74.0 Å². The monoisotopic (exact) mass is 1150 g/mol. The van der Waals surface area contributed by atoms with Crippen molar-refractivity contribution in [3.63, 3.8) is 0 Å². The molecule has 6 rings (SSSR count). The lowest BCUT2D eigenvalue weighted by Gasteiger charge is -2.25. The van der Waals surface area contributed by atoms with Crippen LogP contribution in [0.25, 0.3) is 6.08 Å². The zero-order valence-electron chi connectivity index (χ0n) is 40.7. The first kappa shape index (κ1) is 59.6. The Balaban J connectivity index is 1.07. The highest BCUT2D eigenvalue weighted by Gasteiger charge is 2.48. The number of unbranched alkanes of at least 4 members (excludes halogenated alkanes) is 2. The Hall–Kier alpha value is -4.61. The van der Waals surface area contributed by atoms with Gasteiger partial charge in [-0.05, 0) is 75.6 Å². The molecule has 0 bridgehead atoms. The molecule has 1 amide bonds. The van der Waals surface area contributed by atoms with Crippen LogP contribution in [0.1, 0.15) is 83.2 Å². The fourth-order valence-corrected chi connectivity index (χ4v) is 13.0. The number of aromatic nitrogens is 2. The number of likely N-dealkylation sites (N-methyl/N-ethyl adjacent to an activating group) is 1. The number of nitrogens with one attached hydrogen (secondary N) is 2. The van der Waals surface area contributed by atoms with Gasteiger partial charge in [-0.25, -0.2) is 18.5 Å². The largest absolute Gasteiger partial charge is 0.490 e. The van der Waals surface area contributed by atoms with Gasteiger partial charge < -0.3 is 44.7 Å². The SMILES string of the molecule is CCN1C(=CC=CC2=[N+](CCCCCC(=O)NC/C=C/c3cn([C@@H]4O[C@H](COP(=O)(O)OP(=O)(O)OP(=O)(O)O)[C@@H](O)[C@H]4O)c(=O)[nH]c3=O)c3ccc(S(=O)(=O)O)cc3C2(C)C)C(C)(C)c2cc(S(=O)(=O)O)ccc21. The summed E-state index contributed by atoms with van der Waals surface area (Å²) in [6.45, 7) is 9.50. The predicted octanol–water partition coefficient (Wildman–Crippen LogP) is 3.02. The molecule has 412 valence electrons. The van der Waals surface area contributed by atoms with Gasteiger partial charge in [0, 0.05) is 66.6 Å². The van der Waals surface area contributed by atoms with Gasteiger partial charge in [0.15, 0.2) is 11.9 Å². The number of carbonyl (C=O) groups excluding carboxylic acids is 1. The van der Waals surface area contributed by atoms with E-state index in [-0.39, 0.29) is 34.2 Å². The lowest BCUT2D eigenvalue weighted by atomic mass is 9.81. The van der Waals surface area contributed by atoms with E-state index in [1.54, 1.807) is 12.1 Å². The van der Waals surface area contributed by atoms with Crippen molar-refractivity contribution >= 4 is 72.8 Å². The van der Waals surface area contributed by atoms with Crippen molar-refractivity contribution in [1.29, 1.82) is 0 Å². The molecule has 0 radical (unpaired) electrons. The molecule has 10 N–H and O–H groups in total. The van der Waals surface area contributed by atoms with Crippen molar-refractivity contribution in [2.45, 2.75) is 105 Å². The summed E-state index contributed by atoms with van der Waals surface area (Å²) < 4.78 is 122. The van der Waals surface area contributed by atoms with E-state index in [0.717, 1.165) is 29.0 Å². The number of aliphatic hydroxyl groups is 2. The normalized spacial score (nSPS) is 22.7. The molecule has 1 aromatic heterocycles. The summed E-state index contributed by atoms with van der Waals surface area (Å²) in [7, 11) is -26.2. The summed E-state index contributed by atoms with van der Waals surface area (Å²) in [6.07, 6.45) is 3.70. The third-order valence-corrected chi connectivity index (χ3v) is 18.1. The molecule has 2 aromatic carbocycles. The van der Waals surface area contributed by atoms with E-state index in [1.807, 2.05) is 57.8 Å². The maximum atomic E-state index is 12.8. The minimum absolute atomic E-state index is 0.0712. The van der Waals surface area contributed by atoms with Crippen molar-refractivity contribution in [2.24, 2.45) is 0 Å². The van der Waals surface area contributed by atoms with Crippen LogP contribution in [-0.4, -0.2) is 126 Å². The summed E-state index contributed by atoms with van der Waals surface area (Å²) in [5, 5.41) is 23.8. The highest BCUT2D eigenvalue weighted by atomic mass is 32.2. The number of phosphoric ester groups is 1. The minimum Gasteiger partial charge on any atom is -0.387 e. The molecule has 3 aliphatic rings. The lowest BCUT2D eigenvalue weighted by Crippen LogP contribution is -2.38. The van der Waals surface area contributed by atoms with Crippen molar-refractivity contribution < 1.29 is 96.7 Å². The Kier molecular flexibility index (Phi) is 17.8. The van der Waals surface area contributed by atoms with Crippen LogP contribution in [0.15, 0.2) is 92.0 Å². The maximum Gasteiger partial charge on any atom is 0.490 e. The van der Waals surface area contributed by atoms with Crippen LogP contribution in [-0.2, 0) is 67.4 Å². The van der Waals surface area contributed by atoms with Gasteiger partial charge in [0.25, 0.3) is 25.8 Å².